The molecule has 3 nitrogen and oxygen atoms in total. The van der Waals surface area contributed by atoms with E-state index < -0.39 is 5.82 Å². The SMILES string of the molecule is CSC1(CNC(=O)c2ccc(F)c(N)c2)CC1. The van der Waals surface area contributed by atoms with Crippen LogP contribution in [0.1, 0.15) is 23.2 Å². The van der Waals surface area contributed by atoms with Gasteiger partial charge in [-0.1, -0.05) is 0 Å². The molecule has 0 bridgehead atoms. The Kier molecular flexibility index (Phi) is 3.28. The van der Waals surface area contributed by atoms with Crippen molar-refractivity contribution < 1.29 is 9.18 Å². The summed E-state index contributed by atoms with van der Waals surface area (Å²) in [6, 6.07) is 4.02. The van der Waals surface area contributed by atoms with Gasteiger partial charge in [-0.25, -0.2) is 4.39 Å². The minimum atomic E-state index is -0.496. The lowest BCUT2D eigenvalue weighted by Gasteiger charge is -2.13. The Morgan fingerprint density at radius 1 is 1.59 bits per heavy atom. The van der Waals surface area contributed by atoms with E-state index in [0.29, 0.717) is 12.1 Å². The predicted molar refractivity (Wildman–Crippen MR) is 68.6 cm³/mol. The summed E-state index contributed by atoms with van der Waals surface area (Å²) < 4.78 is 13.2. The number of carbonyl (C=O) groups excluding carboxylic acids is 1. The number of thioether (sulfide) groups is 1. The molecule has 0 aliphatic heterocycles. The van der Waals surface area contributed by atoms with Crippen molar-refractivity contribution in [2.75, 3.05) is 18.5 Å². The van der Waals surface area contributed by atoms with Crippen molar-refractivity contribution >= 4 is 23.4 Å². The van der Waals surface area contributed by atoms with Gasteiger partial charge in [0.05, 0.1) is 5.69 Å². The maximum atomic E-state index is 12.9. The molecule has 1 aromatic rings. The summed E-state index contributed by atoms with van der Waals surface area (Å²) in [6.45, 7) is 0.657. The molecule has 0 spiro atoms. The van der Waals surface area contributed by atoms with Crippen LogP contribution in [-0.2, 0) is 0 Å². The molecule has 17 heavy (non-hydrogen) atoms. The summed E-state index contributed by atoms with van der Waals surface area (Å²) in [6.07, 6.45) is 4.33. The van der Waals surface area contributed by atoms with Crippen molar-refractivity contribution in [3.05, 3.63) is 29.6 Å². The van der Waals surface area contributed by atoms with Crippen molar-refractivity contribution in [2.45, 2.75) is 17.6 Å². The van der Waals surface area contributed by atoms with Gasteiger partial charge >= 0.3 is 0 Å². The number of amides is 1. The molecule has 92 valence electrons. The monoisotopic (exact) mass is 254 g/mol. The standard InChI is InChI=1S/C12H15FN2OS/c1-17-12(4-5-12)7-15-11(16)8-2-3-9(13)10(14)6-8/h2-3,6H,4-5,7,14H2,1H3,(H,15,16). The smallest absolute Gasteiger partial charge is 0.251 e. The van der Waals surface area contributed by atoms with Crippen molar-refractivity contribution in [1.82, 2.24) is 5.32 Å². The van der Waals surface area contributed by atoms with E-state index in [4.69, 9.17) is 5.73 Å². The van der Waals surface area contributed by atoms with Gasteiger partial charge in [-0.15, -0.1) is 0 Å². The molecule has 1 fully saturated rings. The van der Waals surface area contributed by atoms with Gasteiger partial charge in [0.1, 0.15) is 5.82 Å². The number of hydrogen-bond acceptors (Lipinski definition) is 3. The van der Waals surface area contributed by atoms with E-state index in [1.165, 1.54) is 18.2 Å². The highest BCUT2D eigenvalue weighted by atomic mass is 32.2. The molecular weight excluding hydrogens is 239 g/mol. The quantitative estimate of drug-likeness (QED) is 0.808. The number of halogens is 1. The van der Waals surface area contributed by atoms with Crippen LogP contribution in [0.2, 0.25) is 0 Å². The Bertz CT molecular complexity index is 446. The maximum Gasteiger partial charge on any atom is 0.251 e. The fraction of sp³-hybridized carbons (Fsp3) is 0.417. The molecule has 0 radical (unpaired) electrons. The number of hydrogen-bond donors (Lipinski definition) is 2. The fourth-order valence-electron chi connectivity index (χ4n) is 1.62. The highest BCUT2D eigenvalue weighted by Crippen LogP contribution is 2.46. The van der Waals surface area contributed by atoms with Crippen LogP contribution >= 0.6 is 11.8 Å². The first kappa shape index (κ1) is 12.2. The molecular formula is C12H15FN2OS. The normalized spacial score (nSPS) is 16.6. The zero-order chi connectivity index (χ0) is 12.5. The molecule has 1 aliphatic rings. The Morgan fingerprint density at radius 2 is 2.29 bits per heavy atom. The summed E-state index contributed by atoms with van der Waals surface area (Å²) in [4.78, 5) is 11.8. The number of anilines is 1. The van der Waals surface area contributed by atoms with Crippen molar-refractivity contribution in [2.24, 2.45) is 0 Å². The number of nitrogens with one attached hydrogen (secondary N) is 1. The van der Waals surface area contributed by atoms with E-state index in [2.05, 4.69) is 11.6 Å². The highest BCUT2D eigenvalue weighted by Gasteiger charge is 2.41. The van der Waals surface area contributed by atoms with E-state index in [1.807, 2.05) is 0 Å². The number of nitrogen functional groups attached to an aromatic ring is 1. The molecule has 0 unspecified atom stereocenters. The topological polar surface area (TPSA) is 55.1 Å². The van der Waals surface area contributed by atoms with Gasteiger partial charge in [0.25, 0.3) is 5.91 Å². The summed E-state index contributed by atoms with van der Waals surface area (Å²) in [5.74, 6) is -0.693. The third-order valence-corrected chi connectivity index (χ3v) is 4.49. The Labute approximate surface area is 104 Å². The predicted octanol–water partition coefficient (Wildman–Crippen LogP) is 2.03. The van der Waals surface area contributed by atoms with Crippen LogP contribution < -0.4 is 11.1 Å². The minimum Gasteiger partial charge on any atom is -0.396 e. The third kappa shape index (κ3) is 2.72. The van der Waals surface area contributed by atoms with Crippen LogP contribution in [-0.4, -0.2) is 23.5 Å². The Morgan fingerprint density at radius 3 is 2.82 bits per heavy atom. The zero-order valence-corrected chi connectivity index (χ0v) is 10.4. The lowest BCUT2D eigenvalue weighted by atomic mass is 10.2. The summed E-state index contributed by atoms with van der Waals surface area (Å²) in [5.41, 5.74) is 5.83. The van der Waals surface area contributed by atoms with E-state index in [9.17, 15) is 9.18 Å². The summed E-state index contributed by atoms with van der Waals surface area (Å²) in [5, 5.41) is 2.86. The molecule has 1 saturated carbocycles. The van der Waals surface area contributed by atoms with Gasteiger partial charge in [0, 0.05) is 16.9 Å². The van der Waals surface area contributed by atoms with E-state index >= 15 is 0 Å². The molecule has 3 N–H and O–H groups in total. The van der Waals surface area contributed by atoms with Crippen LogP contribution in [0, 0.1) is 5.82 Å². The van der Waals surface area contributed by atoms with Crippen LogP contribution in [0.25, 0.3) is 0 Å². The molecule has 1 amide bonds. The summed E-state index contributed by atoms with van der Waals surface area (Å²) in [7, 11) is 0. The van der Waals surface area contributed by atoms with Crippen LogP contribution in [0.4, 0.5) is 10.1 Å². The van der Waals surface area contributed by atoms with Crippen molar-refractivity contribution in [3.8, 4) is 0 Å². The van der Waals surface area contributed by atoms with Crippen LogP contribution in [0.3, 0.4) is 0 Å². The number of nitrogens with two attached hydrogens (primary N) is 1. The lowest BCUT2D eigenvalue weighted by Crippen LogP contribution is -2.31. The molecule has 0 atom stereocenters. The van der Waals surface area contributed by atoms with Crippen molar-refractivity contribution in [3.63, 3.8) is 0 Å². The van der Waals surface area contributed by atoms with Gasteiger partial charge in [0.15, 0.2) is 0 Å². The highest BCUT2D eigenvalue weighted by molar-refractivity contribution is 8.00. The third-order valence-electron chi connectivity index (χ3n) is 3.07. The van der Waals surface area contributed by atoms with Crippen LogP contribution in [0.15, 0.2) is 18.2 Å². The second-order valence-electron chi connectivity index (χ2n) is 4.31. The first-order valence-corrected chi connectivity index (χ1v) is 6.67. The second kappa shape index (κ2) is 4.56. The molecule has 5 heteroatoms. The van der Waals surface area contributed by atoms with Gasteiger partial charge in [0.2, 0.25) is 0 Å². The first-order valence-electron chi connectivity index (χ1n) is 5.45. The average Bonchev–Trinajstić information content (AvgIpc) is 3.10. The molecule has 1 aliphatic carbocycles. The summed E-state index contributed by atoms with van der Waals surface area (Å²) >= 11 is 1.78. The Balaban J connectivity index is 1.97. The second-order valence-corrected chi connectivity index (χ2v) is 5.58. The minimum absolute atomic E-state index is 0.00338. The fourth-order valence-corrected chi connectivity index (χ4v) is 2.35. The van der Waals surface area contributed by atoms with E-state index in [-0.39, 0.29) is 16.3 Å². The zero-order valence-electron chi connectivity index (χ0n) is 9.63. The molecule has 0 saturated heterocycles. The van der Waals surface area contributed by atoms with Crippen molar-refractivity contribution in [1.29, 1.82) is 0 Å². The molecule has 2 rings (SSSR count). The molecule has 0 aromatic heterocycles. The number of benzene rings is 1. The number of carbonyl (C=O) groups is 1. The van der Waals surface area contributed by atoms with Gasteiger partial charge in [-0.3, -0.25) is 4.79 Å². The average molecular weight is 254 g/mol. The Hall–Kier alpha value is -1.23. The van der Waals surface area contributed by atoms with E-state index in [1.54, 1.807) is 11.8 Å². The van der Waals surface area contributed by atoms with Gasteiger partial charge < -0.3 is 11.1 Å². The van der Waals surface area contributed by atoms with Gasteiger partial charge in [-0.2, -0.15) is 11.8 Å². The lowest BCUT2D eigenvalue weighted by molar-refractivity contribution is 0.0953. The largest absolute Gasteiger partial charge is 0.396 e. The van der Waals surface area contributed by atoms with E-state index in [0.717, 1.165) is 12.8 Å². The first-order chi connectivity index (χ1) is 8.06. The number of rotatable bonds is 4. The van der Waals surface area contributed by atoms with Crippen LogP contribution in [0.5, 0.6) is 0 Å². The molecule has 0 heterocycles. The van der Waals surface area contributed by atoms with Gasteiger partial charge in [-0.05, 0) is 37.3 Å². The molecule has 1 aromatic carbocycles. The maximum absolute atomic E-state index is 12.9.